The van der Waals surface area contributed by atoms with E-state index < -0.39 is 0 Å². The fraction of sp³-hybridized carbons (Fsp3) is 0.933. The van der Waals surface area contributed by atoms with Gasteiger partial charge in [-0.25, -0.2) is 0 Å². The van der Waals surface area contributed by atoms with E-state index in [9.17, 15) is 4.79 Å². The van der Waals surface area contributed by atoms with Gasteiger partial charge in [0.15, 0.2) is 0 Å². The van der Waals surface area contributed by atoms with Crippen LogP contribution in [0.3, 0.4) is 0 Å². The molecule has 0 bridgehead atoms. The molecule has 0 aromatic carbocycles. The van der Waals surface area contributed by atoms with Gasteiger partial charge in [-0.05, 0) is 44.9 Å². The Morgan fingerprint density at radius 3 is 2.68 bits per heavy atom. The van der Waals surface area contributed by atoms with Crippen LogP contribution in [-0.4, -0.2) is 41.3 Å². The van der Waals surface area contributed by atoms with Crippen LogP contribution in [0.25, 0.3) is 0 Å². The molecule has 2 unspecified atom stereocenters. The first kappa shape index (κ1) is 13.4. The van der Waals surface area contributed by atoms with Crippen molar-refractivity contribution in [2.75, 3.05) is 13.2 Å². The second-order valence-corrected chi connectivity index (χ2v) is 7.21. The maximum Gasteiger partial charge on any atom is 0.244 e. The van der Waals surface area contributed by atoms with Crippen LogP contribution in [0.2, 0.25) is 0 Å². The molecule has 0 aromatic heterocycles. The molecule has 2 saturated heterocycles. The number of carbonyl (C=O) groups excluding carboxylic acids is 1. The molecule has 1 aliphatic carbocycles. The third-order valence-corrected chi connectivity index (χ3v) is 4.74. The van der Waals surface area contributed by atoms with Gasteiger partial charge >= 0.3 is 0 Å². The van der Waals surface area contributed by atoms with E-state index in [-0.39, 0.29) is 17.3 Å². The topological polar surface area (TPSA) is 41.6 Å². The zero-order valence-corrected chi connectivity index (χ0v) is 12.4. The van der Waals surface area contributed by atoms with Crippen molar-refractivity contribution < 1.29 is 9.53 Å². The number of nitrogens with zero attached hydrogens (tertiary/aromatic N) is 1. The highest BCUT2D eigenvalue weighted by atomic mass is 16.5. The predicted octanol–water partition coefficient (Wildman–Crippen LogP) is 1.89. The lowest BCUT2D eigenvalue weighted by atomic mass is 10.0. The van der Waals surface area contributed by atoms with Gasteiger partial charge in [0.2, 0.25) is 5.91 Å². The number of amides is 1. The molecule has 2 atom stereocenters. The third-order valence-electron chi connectivity index (χ3n) is 4.74. The van der Waals surface area contributed by atoms with Gasteiger partial charge in [-0.3, -0.25) is 10.1 Å². The van der Waals surface area contributed by atoms with Gasteiger partial charge in [0.25, 0.3) is 0 Å². The number of rotatable bonds is 4. The zero-order valence-electron chi connectivity index (χ0n) is 12.4. The Kier molecular flexibility index (Phi) is 3.13. The Hall–Kier alpha value is -0.610. The minimum Gasteiger partial charge on any atom is -0.373 e. The summed E-state index contributed by atoms with van der Waals surface area (Å²) in [5.74, 6) is 0.911. The molecule has 2 heterocycles. The van der Waals surface area contributed by atoms with Gasteiger partial charge in [-0.1, -0.05) is 13.8 Å². The van der Waals surface area contributed by atoms with Gasteiger partial charge in [-0.2, -0.15) is 0 Å². The minimum absolute atomic E-state index is 0.132. The Morgan fingerprint density at radius 2 is 2.16 bits per heavy atom. The Balaban J connectivity index is 1.74. The summed E-state index contributed by atoms with van der Waals surface area (Å²) in [5, 5.41) is 3.58. The van der Waals surface area contributed by atoms with Crippen LogP contribution in [0.15, 0.2) is 0 Å². The molecule has 4 heteroatoms. The first-order valence-electron chi connectivity index (χ1n) is 7.67. The molecule has 3 fully saturated rings. The summed E-state index contributed by atoms with van der Waals surface area (Å²) >= 11 is 0. The van der Waals surface area contributed by atoms with Crippen molar-refractivity contribution in [3.63, 3.8) is 0 Å². The SMILES string of the molecule is CC(C)CC1NC2(CC2)C(=O)N1CC1(C)CCCO1. The molecule has 1 saturated carbocycles. The van der Waals surface area contributed by atoms with Gasteiger partial charge in [0.05, 0.1) is 23.9 Å². The summed E-state index contributed by atoms with van der Waals surface area (Å²) in [4.78, 5) is 14.7. The lowest BCUT2D eigenvalue weighted by Gasteiger charge is -2.33. The van der Waals surface area contributed by atoms with Crippen molar-refractivity contribution >= 4 is 5.91 Å². The molecule has 1 N–H and O–H groups in total. The normalized spacial score (nSPS) is 36.7. The van der Waals surface area contributed by atoms with Gasteiger partial charge < -0.3 is 9.64 Å². The third kappa shape index (κ3) is 2.40. The summed E-state index contributed by atoms with van der Waals surface area (Å²) in [6.07, 6.45) is 5.44. The summed E-state index contributed by atoms with van der Waals surface area (Å²) in [7, 11) is 0. The number of nitrogens with one attached hydrogen (secondary N) is 1. The van der Waals surface area contributed by atoms with E-state index >= 15 is 0 Å². The van der Waals surface area contributed by atoms with E-state index in [2.05, 4.69) is 31.0 Å². The molecule has 3 aliphatic rings. The molecular formula is C15H26N2O2. The summed E-state index contributed by atoms with van der Waals surface area (Å²) in [6.45, 7) is 8.17. The van der Waals surface area contributed by atoms with E-state index in [0.717, 1.165) is 45.3 Å². The Morgan fingerprint density at radius 1 is 1.42 bits per heavy atom. The lowest BCUT2D eigenvalue weighted by Crippen LogP contribution is -2.47. The monoisotopic (exact) mass is 266 g/mol. The molecule has 108 valence electrons. The molecule has 0 aromatic rings. The second-order valence-electron chi connectivity index (χ2n) is 7.21. The van der Waals surface area contributed by atoms with Gasteiger partial charge in [-0.15, -0.1) is 0 Å². The minimum atomic E-state index is -0.200. The van der Waals surface area contributed by atoms with Crippen molar-refractivity contribution in [3.8, 4) is 0 Å². The van der Waals surface area contributed by atoms with Crippen molar-refractivity contribution in [3.05, 3.63) is 0 Å². The van der Waals surface area contributed by atoms with Gasteiger partial charge in [0.1, 0.15) is 0 Å². The smallest absolute Gasteiger partial charge is 0.244 e. The second kappa shape index (κ2) is 4.45. The van der Waals surface area contributed by atoms with Crippen LogP contribution >= 0.6 is 0 Å². The van der Waals surface area contributed by atoms with Crippen LogP contribution in [0, 0.1) is 5.92 Å². The van der Waals surface area contributed by atoms with Crippen LogP contribution in [0.1, 0.15) is 52.9 Å². The fourth-order valence-corrected chi connectivity index (χ4v) is 3.49. The molecular weight excluding hydrogens is 240 g/mol. The highest BCUT2D eigenvalue weighted by Crippen LogP contribution is 2.44. The molecule has 4 nitrogen and oxygen atoms in total. The van der Waals surface area contributed by atoms with E-state index in [1.54, 1.807) is 0 Å². The molecule has 1 amide bonds. The van der Waals surface area contributed by atoms with E-state index in [4.69, 9.17) is 4.74 Å². The lowest BCUT2D eigenvalue weighted by molar-refractivity contribution is -0.134. The maximum atomic E-state index is 12.6. The van der Waals surface area contributed by atoms with Crippen molar-refractivity contribution in [1.82, 2.24) is 10.2 Å². The van der Waals surface area contributed by atoms with Crippen LogP contribution in [0.4, 0.5) is 0 Å². The molecule has 0 radical (unpaired) electrons. The Labute approximate surface area is 115 Å². The van der Waals surface area contributed by atoms with Crippen molar-refractivity contribution in [2.45, 2.75) is 70.2 Å². The average Bonchev–Trinajstić information content (AvgIpc) is 2.92. The highest BCUT2D eigenvalue weighted by molar-refractivity contribution is 5.91. The summed E-state index contributed by atoms with van der Waals surface area (Å²) in [5.41, 5.74) is -0.332. The summed E-state index contributed by atoms with van der Waals surface area (Å²) < 4.78 is 5.87. The maximum absolute atomic E-state index is 12.6. The van der Waals surface area contributed by atoms with Gasteiger partial charge in [0, 0.05) is 6.61 Å². The van der Waals surface area contributed by atoms with E-state index in [0.29, 0.717) is 11.8 Å². The fourth-order valence-electron chi connectivity index (χ4n) is 3.49. The molecule has 2 aliphatic heterocycles. The largest absolute Gasteiger partial charge is 0.373 e. The highest BCUT2D eigenvalue weighted by Gasteiger charge is 2.59. The molecule has 3 rings (SSSR count). The predicted molar refractivity (Wildman–Crippen MR) is 73.6 cm³/mol. The number of hydrogen-bond donors (Lipinski definition) is 1. The van der Waals surface area contributed by atoms with Crippen LogP contribution in [0.5, 0.6) is 0 Å². The van der Waals surface area contributed by atoms with Crippen LogP contribution < -0.4 is 5.32 Å². The number of carbonyl (C=O) groups is 1. The summed E-state index contributed by atoms with van der Waals surface area (Å²) in [6, 6.07) is 0. The zero-order chi connectivity index (χ0) is 13.7. The first-order chi connectivity index (χ1) is 8.94. The standard InChI is InChI=1S/C15H26N2O2/c1-11(2)9-12-16-15(6-7-15)13(18)17(12)10-14(3)5-4-8-19-14/h11-12,16H,4-10H2,1-3H3. The van der Waals surface area contributed by atoms with E-state index in [1.165, 1.54) is 0 Å². The average molecular weight is 266 g/mol. The molecule has 19 heavy (non-hydrogen) atoms. The number of hydrogen-bond acceptors (Lipinski definition) is 3. The van der Waals surface area contributed by atoms with Crippen molar-refractivity contribution in [2.24, 2.45) is 5.92 Å². The van der Waals surface area contributed by atoms with Crippen molar-refractivity contribution in [1.29, 1.82) is 0 Å². The number of ether oxygens (including phenoxy) is 1. The Bertz CT molecular complexity index is 370. The van der Waals surface area contributed by atoms with E-state index in [1.807, 2.05) is 0 Å². The first-order valence-corrected chi connectivity index (χ1v) is 7.67. The molecule has 1 spiro atoms. The quantitative estimate of drug-likeness (QED) is 0.845. The van der Waals surface area contributed by atoms with Crippen LogP contribution in [-0.2, 0) is 9.53 Å².